The summed E-state index contributed by atoms with van der Waals surface area (Å²) in [5.41, 5.74) is 0.599. The van der Waals surface area contributed by atoms with E-state index in [-0.39, 0.29) is 15.6 Å². The second kappa shape index (κ2) is 4.64. The highest BCUT2D eigenvalue weighted by molar-refractivity contribution is 6.70. The van der Waals surface area contributed by atoms with E-state index in [1.54, 1.807) is 0 Å². The minimum Gasteiger partial charge on any atom is -0.347 e. The largest absolute Gasteiger partial charge is 0.347 e. The van der Waals surface area contributed by atoms with Crippen molar-refractivity contribution in [2.45, 2.75) is 0 Å². The highest BCUT2D eigenvalue weighted by Gasteiger charge is 2.13. The van der Waals surface area contributed by atoms with Crippen LogP contribution in [0.2, 0.25) is 10.0 Å². The molecule has 0 saturated heterocycles. The Bertz CT molecular complexity index is 369. The van der Waals surface area contributed by atoms with Crippen molar-refractivity contribution in [3.63, 3.8) is 0 Å². The number of hydrogen-bond donors (Lipinski definition) is 2. The predicted molar refractivity (Wildman–Crippen MR) is 59.1 cm³/mol. The predicted octanol–water partition coefficient (Wildman–Crippen LogP) is 3.39. The summed E-state index contributed by atoms with van der Waals surface area (Å²) >= 11 is 16.8. The zero-order valence-electron chi connectivity index (χ0n) is 6.77. The first-order valence-electron chi connectivity index (χ1n) is 3.50. The first-order valence-corrected chi connectivity index (χ1v) is 4.64. The molecule has 1 aromatic carbocycles. The summed E-state index contributed by atoms with van der Waals surface area (Å²) in [6, 6.07) is 2.93. The molecule has 2 N–H and O–H groups in total. The van der Waals surface area contributed by atoms with Crippen LogP contribution in [-0.4, -0.2) is 11.6 Å². The Hall–Kier alpha value is -0.770. The zero-order valence-corrected chi connectivity index (χ0v) is 9.04. The second-order valence-corrected chi connectivity index (χ2v) is 3.53. The first-order chi connectivity index (χ1) is 6.56. The van der Waals surface area contributed by atoms with E-state index in [9.17, 15) is 4.79 Å². The van der Waals surface area contributed by atoms with Gasteiger partial charge in [-0.15, -0.1) is 0 Å². The lowest BCUT2D eigenvalue weighted by Crippen LogP contribution is -1.97. The van der Waals surface area contributed by atoms with Crippen LogP contribution in [0.3, 0.4) is 0 Å². The Kier molecular flexibility index (Phi) is 3.75. The maximum Gasteiger partial charge on any atom is 0.255 e. The number of hydrogen-bond acceptors (Lipinski definition) is 2. The lowest BCUT2D eigenvalue weighted by atomic mass is 10.2. The van der Waals surface area contributed by atoms with E-state index in [2.05, 4.69) is 5.32 Å². The number of benzene rings is 1. The van der Waals surface area contributed by atoms with Crippen molar-refractivity contribution in [3.05, 3.63) is 27.7 Å². The number of halogens is 3. The molecule has 0 heterocycles. The molecule has 0 aromatic heterocycles. The Morgan fingerprint density at radius 2 is 1.86 bits per heavy atom. The van der Waals surface area contributed by atoms with Crippen LogP contribution in [0.5, 0.6) is 0 Å². The van der Waals surface area contributed by atoms with E-state index < -0.39 is 5.24 Å². The van der Waals surface area contributed by atoms with Gasteiger partial charge in [-0.3, -0.25) is 10.2 Å². The van der Waals surface area contributed by atoms with Gasteiger partial charge >= 0.3 is 0 Å². The number of carbonyl (C=O) groups excluding carboxylic acids is 1. The van der Waals surface area contributed by atoms with Crippen molar-refractivity contribution in [2.24, 2.45) is 0 Å². The summed E-state index contributed by atoms with van der Waals surface area (Å²) < 4.78 is 0. The van der Waals surface area contributed by atoms with Crippen molar-refractivity contribution < 1.29 is 4.79 Å². The van der Waals surface area contributed by atoms with E-state index in [0.29, 0.717) is 5.69 Å². The molecule has 0 aliphatic carbocycles. The molecule has 14 heavy (non-hydrogen) atoms. The molecule has 0 amide bonds. The van der Waals surface area contributed by atoms with E-state index in [1.165, 1.54) is 12.1 Å². The molecule has 6 heteroatoms. The van der Waals surface area contributed by atoms with E-state index in [0.717, 1.165) is 6.34 Å². The Morgan fingerprint density at radius 1 is 1.36 bits per heavy atom. The third-order valence-corrected chi connectivity index (χ3v) is 2.26. The van der Waals surface area contributed by atoms with Gasteiger partial charge in [0, 0.05) is 5.69 Å². The van der Waals surface area contributed by atoms with Crippen LogP contribution >= 0.6 is 34.8 Å². The van der Waals surface area contributed by atoms with Crippen LogP contribution in [-0.2, 0) is 0 Å². The Morgan fingerprint density at radius 3 is 2.21 bits per heavy atom. The van der Waals surface area contributed by atoms with Gasteiger partial charge in [0.1, 0.15) is 0 Å². The van der Waals surface area contributed by atoms with Crippen molar-refractivity contribution >= 4 is 52.1 Å². The summed E-state index contributed by atoms with van der Waals surface area (Å²) in [5, 5.41) is 8.98. The third kappa shape index (κ3) is 2.38. The Balaban J connectivity index is 3.24. The Labute approximate surface area is 95.5 Å². The summed E-state index contributed by atoms with van der Waals surface area (Å²) in [6.45, 7) is 0. The molecule has 0 spiro atoms. The van der Waals surface area contributed by atoms with Gasteiger partial charge in [-0.2, -0.15) is 0 Å². The normalized spacial score (nSPS) is 9.64. The van der Waals surface area contributed by atoms with Crippen molar-refractivity contribution in [3.8, 4) is 0 Å². The van der Waals surface area contributed by atoms with E-state index in [1.807, 2.05) is 0 Å². The average Bonchev–Trinajstić information content (AvgIpc) is 2.01. The second-order valence-electron chi connectivity index (χ2n) is 2.38. The maximum atomic E-state index is 10.9. The van der Waals surface area contributed by atoms with Crippen LogP contribution in [0.1, 0.15) is 10.4 Å². The molecule has 1 rings (SSSR count). The third-order valence-electron chi connectivity index (χ3n) is 1.48. The fourth-order valence-electron chi connectivity index (χ4n) is 0.928. The molecule has 1 aromatic rings. The number of carbonyl (C=O) groups is 1. The van der Waals surface area contributed by atoms with Gasteiger partial charge < -0.3 is 5.32 Å². The first kappa shape index (κ1) is 11.3. The van der Waals surface area contributed by atoms with Crippen LogP contribution < -0.4 is 5.32 Å². The summed E-state index contributed by atoms with van der Waals surface area (Å²) in [5.74, 6) is 0. The molecule has 0 aliphatic rings. The molecule has 0 saturated carbocycles. The van der Waals surface area contributed by atoms with Gasteiger partial charge in [0.05, 0.1) is 21.9 Å². The molecule has 0 atom stereocenters. The molecule has 0 fully saturated rings. The fraction of sp³-hybridized carbons (Fsp3) is 0. The summed E-state index contributed by atoms with van der Waals surface area (Å²) in [7, 11) is 0. The monoisotopic (exact) mass is 250 g/mol. The molecular formula is C8H5Cl3N2O. The van der Waals surface area contributed by atoms with E-state index >= 15 is 0 Å². The van der Waals surface area contributed by atoms with Gasteiger partial charge in [-0.25, -0.2) is 0 Å². The van der Waals surface area contributed by atoms with Crippen LogP contribution in [0.4, 0.5) is 5.69 Å². The number of anilines is 1. The van der Waals surface area contributed by atoms with Crippen LogP contribution in [0.25, 0.3) is 0 Å². The molecule has 0 radical (unpaired) electrons. The molecule has 74 valence electrons. The van der Waals surface area contributed by atoms with Gasteiger partial charge in [0.25, 0.3) is 5.24 Å². The standard InChI is InChI=1S/C8H5Cl3N2O/c9-5-1-4(13-3-12)2-6(10)7(5)8(11)14/h1-3H,(H2,12,13). The average molecular weight is 252 g/mol. The number of nitrogens with one attached hydrogen (secondary N) is 2. The van der Waals surface area contributed by atoms with Gasteiger partial charge in [-0.05, 0) is 23.7 Å². The highest BCUT2D eigenvalue weighted by Crippen LogP contribution is 2.29. The van der Waals surface area contributed by atoms with Crippen LogP contribution in [0, 0.1) is 5.41 Å². The molecule has 3 nitrogen and oxygen atoms in total. The molecule has 0 bridgehead atoms. The molecular weight excluding hydrogens is 246 g/mol. The quantitative estimate of drug-likeness (QED) is 0.491. The molecule has 0 unspecified atom stereocenters. The smallest absolute Gasteiger partial charge is 0.255 e. The highest BCUT2D eigenvalue weighted by atomic mass is 35.5. The van der Waals surface area contributed by atoms with Gasteiger partial charge in [0.2, 0.25) is 0 Å². The maximum absolute atomic E-state index is 10.9. The van der Waals surface area contributed by atoms with Gasteiger partial charge in [0.15, 0.2) is 0 Å². The van der Waals surface area contributed by atoms with E-state index in [4.69, 9.17) is 40.2 Å². The van der Waals surface area contributed by atoms with Crippen LogP contribution in [0.15, 0.2) is 12.1 Å². The van der Waals surface area contributed by atoms with Crippen molar-refractivity contribution in [1.29, 1.82) is 5.41 Å². The topological polar surface area (TPSA) is 53.0 Å². The SMILES string of the molecule is N=CNc1cc(Cl)c(C(=O)Cl)c(Cl)c1. The summed E-state index contributed by atoms with van der Waals surface area (Å²) in [4.78, 5) is 10.9. The minimum absolute atomic E-state index is 0.0746. The van der Waals surface area contributed by atoms with Crippen molar-refractivity contribution in [1.82, 2.24) is 0 Å². The lowest BCUT2D eigenvalue weighted by molar-refractivity contribution is 0.108. The lowest BCUT2D eigenvalue weighted by Gasteiger charge is -2.05. The summed E-state index contributed by atoms with van der Waals surface area (Å²) in [6.07, 6.45) is 0.976. The number of rotatable bonds is 3. The zero-order chi connectivity index (χ0) is 10.7. The minimum atomic E-state index is -0.707. The molecule has 0 aliphatic heterocycles. The van der Waals surface area contributed by atoms with Gasteiger partial charge in [-0.1, -0.05) is 23.2 Å². The fourth-order valence-corrected chi connectivity index (χ4v) is 1.89. The van der Waals surface area contributed by atoms with Crippen molar-refractivity contribution in [2.75, 3.05) is 5.32 Å².